The van der Waals surface area contributed by atoms with Crippen LogP contribution >= 0.6 is 11.6 Å². The van der Waals surface area contributed by atoms with Crippen molar-refractivity contribution in [1.29, 1.82) is 5.26 Å². The zero-order valence-corrected chi connectivity index (χ0v) is 7.54. The van der Waals surface area contributed by atoms with Crippen LogP contribution in [0.15, 0.2) is 23.9 Å². The minimum absolute atomic E-state index is 0.370. The van der Waals surface area contributed by atoms with Gasteiger partial charge in [-0.1, -0.05) is 18.2 Å². The summed E-state index contributed by atoms with van der Waals surface area (Å²) < 4.78 is 0. The minimum atomic E-state index is 0.370. The Morgan fingerprint density at radius 2 is 2.54 bits per heavy atom. The molecule has 0 aliphatic carbocycles. The largest absolute Gasteiger partial charge is 0.363 e. The molecule has 5 heteroatoms. The zero-order valence-electron chi connectivity index (χ0n) is 6.79. The van der Waals surface area contributed by atoms with Gasteiger partial charge in [-0.05, 0) is 6.07 Å². The third kappa shape index (κ3) is 2.73. The molecule has 0 amide bonds. The van der Waals surface area contributed by atoms with Crippen LogP contribution in [0.25, 0.3) is 0 Å². The van der Waals surface area contributed by atoms with Gasteiger partial charge in [0.15, 0.2) is 5.82 Å². The van der Waals surface area contributed by atoms with Gasteiger partial charge in [0.05, 0.1) is 18.3 Å². The first-order chi connectivity index (χ1) is 6.24. The molecule has 13 heavy (non-hydrogen) atoms. The minimum Gasteiger partial charge on any atom is -0.363 e. The molecule has 0 aliphatic rings. The van der Waals surface area contributed by atoms with Gasteiger partial charge in [-0.25, -0.2) is 0 Å². The lowest BCUT2D eigenvalue weighted by molar-refractivity contribution is 1.01. The second-order valence-corrected chi connectivity index (χ2v) is 2.81. The maximum absolute atomic E-state index is 8.67. The first-order valence-electron chi connectivity index (χ1n) is 3.53. The van der Waals surface area contributed by atoms with Gasteiger partial charge in [-0.15, -0.1) is 5.10 Å². The number of nitrogens with one attached hydrogen (secondary N) is 1. The first kappa shape index (κ1) is 9.49. The summed E-state index contributed by atoms with van der Waals surface area (Å²) >= 11 is 5.54. The molecule has 1 rings (SSSR count). The van der Waals surface area contributed by atoms with E-state index < -0.39 is 0 Å². The van der Waals surface area contributed by atoms with Crippen LogP contribution in [-0.4, -0.2) is 16.7 Å². The number of nitriles is 1. The standard InChI is InChI=1S/C8H7ClN4/c1-6(9)5-11-8-7(4-10)2-3-12-13-8/h2-3H,1,5H2,(H,11,13). The molecule has 0 bridgehead atoms. The van der Waals surface area contributed by atoms with E-state index in [2.05, 4.69) is 22.1 Å². The SMILES string of the molecule is C=C(Cl)CNc1nnccc1C#N. The van der Waals surface area contributed by atoms with E-state index in [0.717, 1.165) is 0 Å². The first-order valence-corrected chi connectivity index (χ1v) is 3.91. The molecular weight excluding hydrogens is 188 g/mol. The summed E-state index contributed by atoms with van der Waals surface area (Å²) in [6, 6.07) is 3.56. The number of anilines is 1. The van der Waals surface area contributed by atoms with Crippen molar-refractivity contribution in [2.24, 2.45) is 0 Å². The third-order valence-electron chi connectivity index (χ3n) is 1.29. The normalized spacial score (nSPS) is 8.92. The molecule has 0 aromatic carbocycles. The van der Waals surface area contributed by atoms with Gasteiger partial charge in [0.2, 0.25) is 0 Å². The molecule has 66 valence electrons. The molecule has 0 fully saturated rings. The van der Waals surface area contributed by atoms with Crippen LogP contribution in [0.5, 0.6) is 0 Å². The van der Waals surface area contributed by atoms with Gasteiger partial charge in [-0.3, -0.25) is 0 Å². The van der Waals surface area contributed by atoms with Crippen molar-refractivity contribution in [1.82, 2.24) is 10.2 Å². The Balaban J connectivity index is 2.77. The van der Waals surface area contributed by atoms with Gasteiger partial charge < -0.3 is 5.32 Å². The lowest BCUT2D eigenvalue weighted by atomic mass is 10.3. The molecule has 0 spiro atoms. The molecule has 1 aromatic rings. The number of nitrogens with zero attached hydrogens (tertiary/aromatic N) is 3. The summed E-state index contributed by atoms with van der Waals surface area (Å²) in [7, 11) is 0. The second kappa shape index (κ2) is 4.43. The fraction of sp³-hybridized carbons (Fsp3) is 0.125. The monoisotopic (exact) mass is 194 g/mol. The fourth-order valence-corrected chi connectivity index (χ4v) is 0.799. The summed E-state index contributed by atoms with van der Waals surface area (Å²) in [5.41, 5.74) is 0.438. The van der Waals surface area contributed by atoms with Gasteiger partial charge in [0, 0.05) is 5.03 Å². The molecule has 1 aromatic heterocycles. The molecule has 0 saturated carbocycles. The highest BCUT2D eigenvalue weighted by atomic mass is 35.5. The Kier molecular flexibility index (Phi) is 3.23. The molecule has 1 heterocycles. The van der Waals surface area contributed by atoms with E-state index in [0.29, 0.717) is 23.0 Å². The van der Waals surface area contributed by atoms with Crippen molar-refractivity contribution in [2.45, 2.75) is 0 Å². The Hall–Kier alpha value is -1.60. The number of hydrogen-bond donors (Lipinski definition) is 1. The van der Waals surface area contributed by atoms with E-state index in [4.69, 9.17) is 16.9 Å². The van der Waals surface area contributed by atoms with Crippen LogP contribution in [0.3, 0.4) is 0 Å². The molecule has 0 atom stereocenters. The van der Waals surface area contributed by atoms with Crippen molar-refractivity contribution in [3.05, 3.63) is 29.4 Å². The average Bonchev–Trinajstić information content (AvgIpc) is 2.15. The molecule has 0 radical (unpaired) electrons. The van der Waals surface area contributed by atoms with E-state index in [1.165, 1.54) is 6.20 Å². The lowest BCUT2D eigenvalue weighted by Crippen LogP contribution is -2.05. The second-order valence-electron chi connectivity index (χ2n) is 2.28. The van der Waals surface area contributed by atoms with E-state index in [-0.39, 0.29) is 0 Å². The number of rotatable bonds is 3. The summed E-state index contributed by atoms with van der Waals surface area (Å²) in [6.45, 7) is 3.87. The van der Waals surface area contributed by atoms with E-state index in [1.807, 2.05) is 6.07 Å². The molecule has 1 N–H and O–H groups in total. The van der Waals surface area contributed by atoms with Crippen LogP contribution in [0.2, 0.25) is 0 Å². The molecule has 4 nitrogen and oxygen atoms in total. The molecule has 0 saturated heterocycles. The van der Waals surface area contributed by atoms with Gasteiger partial charge in [0.1, 0.15) is 6.07 Å². The molecule has 0 aliphatic heterocycles. The Bertz CT molecular complexity index is 355. The van der Waals surface area contributed by atoms with Crippen LogP contribution in [0, 0.1) is 11.3 Å². The number of aromatic nitrogens is 2. The van der Waals surface area contributed by atoms with Crippen molar-refractivity contribution < 1.29 is 0 Å². The van der Waals surface area contributed by atoms with Crippen molar-refractivity contribution >= 4 is 17.4 Å². The van der Waals surface area contributed by atoms with Gasteiger partial charge in [-0.2, -0.15) is 10.4 Å². The highest BCUT2D eigenvalue weighted by Crippen LogP contribution is 2.09. The summed E-state index contributed by atoms with van der Waals surface area (Å²) in [5, 5.41) is 19.3. The van der Waals surface area contributed by atoms with E-state index >= 15 is 0 Å². The van der Waals surface area contributed by atoms with E-state index in [1.54, 1.807) is 6.07 Å². The maximum atomic E-state index is 8.67. The average molecular weight is 195 g/mol. The number of hydrogen-bond acceptors (Lipinski definition) is 4. The van der Waals surface area contributed by atoms with Crippen LogP contribution in [-0.2, 0) is 0 Å². The topological polar surface area (TPSA) is 61.6 Å². The van der Waals surface area contributed by atoms with E-state index in [9.17, 15) is 0 Å². The Labute approximate surface area is 80.9 Å². The summed E-state index contributed by atoms with van der Waals surface area (Å²) in [5.74, 6) is 0.423. The van der Waals surface area contributed by atoms with Gasteiger partial charge in [0.25, 0.3) is 0 Å². The predicted octanol–water partition coefficient (Wildman–Crippen LogP) is 1.51. The smallest absolute Gasteiger partial charge is 0.166 e. The zero-order chi connectivity index (χ0) is 9.68. The highest BCUT2D eigenvalue weighted by Gasteiger charge is 2.01. The van der Waals surface area contributed by atoms with Crippen LogP contribution in [0.1, 0.15) is 5.56 Å². The fourth-order valence-electron chi connectivity index (χ4n) is 0.732. The lowest BCUT2D eigenvalue weighted by Gasteiger charge is -2.03. The third-order valence-corrected chi connectivity index (χ3v) is 1.42. The highest BCUT2D eigenvalue weighted by molar-refractivity contribution is 6.29. The summed E-state index contributed by atoms with van der Waals surface area (Å²) in [6.07, 6.45) is 1.46. The predicted molar refractivity (Wildman–Crippen MR) is 50.2 cm³/mol. The van der Waals surface area contributed by atoms with Crippen molar-refractivity contribution in [3.63, 3.8) is 0 Å². The molecule has 0 unspecified atom stereocenters. The van der Waals surface area contributed by atoms with Crippen molar-refractivity contribution in [2.75, 3.05) is 11.9 Å². The quantitative estimate of drug-likeness (QED) is 0.793. The van der Waals surface area contributed by atoms with Crippen molar-refractivity contribution in [3.8, 4) is 6.07 Å². The Morgan fingerprint density at radius 3 is 3.15 bits per heavy atom. The molecular formula is C8H7ClN4. The number of halogens is 1. The maximum Gasteiger partial charge on any atom is 0.166 e. The van der Waals surface area contributed by atoms with Gasteiger partial charge >= 0.3 is 0 Å². The summed E-state index contributed by atoms with van der Waals surface area (Å²) in [4.78, 5) is 0. The van der Waals surface area contributed by atoms with Crippen LogP contribution < -0.4 is 5.32 Å². The van der Waals surface area contributed by atoms with Crippen LogP contribution in [0.4, 0.5) is 5.82 Å². The Morgan fingerprint density at radius 1 is 1.77 bits per heavy atom.